The van der Waals surface area contributed by atoms with Gasteiger partial charge in [0.25, 0.3) is 0 Å². The molecule has 1 aliphatic heterocycles. The van der Waals surface area contributed by atoms with E-state index in [2.05, 4.69) is 67.8 Å². The number of hydrogen-bond acceptors (Lipinski definition) is 3. The number of rotatable bonds is 7. The van der Waals surface area contributed by atoms with Gasteiger partial charge in [-0.15, -0.1) is 0 Å². The minimum Gasteiger partial charge on any atom is -0.494 e. The van der Waals surface area contributed by atoms with Gasteiger partial charge in [0.05, 0.1) is 17.6 Å². The Bertz CT molecular complexity index is 1320. The first kappa shape index (κ1) is 22.2. The second-order valence-electron chi connectivity index (χ2n) is 9.33. The van der Waals surface area contributed by atoms with Crippen LogP contribution in [0.3, 0.4) is 0 Å². The number of anilines is 1. The number of carbonyl (C=O) groups excluding carboxylic acids is 1. The summed E-state index contributed by atoms with van der Waals surface area (Å²) in [6.07, 6.45) is 1.35. The van der Waals surface area contributed by atoms with Crippen molar-refractivity contribution in [3.63, 3.8) is 0 Å². The van der Waals surface area contributed by atoms with Crippen LogP contribution in [0.4, 0.5) is 5.69 Å². The van der Waals surface area contributed by atoms with Gasteiger partial charge < -0.3 is 14.2 Å². The maximum Gasteiger partial charge on any atom is 0.227 e. The Morgan fingerprint density at radius 3 is 2.50 bits per heavy atom. The number of aryl methyl sites for hydroxylation is 4. The van der Waals surface area contributed by atoms with Gasteiger partial charge >= 0.3 is 0 Å². The van der Waals surface area contributed by atoms with Crippen molar-refractivity contribution in [1.29, 1.82) is 0 Å². The molecular weight excluding hydrogens is 422 g/mol. The molecule has 5 heteroatoms. The van der Waals surface area contributed by atoms with Gasteiger partial charge in [-0.05, 0) is 74.2 Å². The lowest BCUT2D eigenvalue weighted by atomic mass is 10.1. The molecule has 0 bridgehead atoms. The minimum atomic E-state index is 0.0693. The van der Waals surface area contributed by atoms with Gasteiger partial charge in [0.1, 0.15) is 11.6 Å². The number of benzene rings is 3. The van der Waals surface area contributed by atoms with Gasteiger partial charge in [0.15, 0.2) is 0 Å². The van der Waals surface area contributed by atoms with Crippen molar-refractivity contribution < 1.29 is 9.53 Å². The maximum atomic E-state index is 13.0. The Morgan fingerprint density at radius 2 is 1.71 bits per heavy atom. The van der Waals surface area contributed by atoms with Crippen LogP contribution in [0.2, 0.25) is 0 Å². The van der Waals surface area contributed by atoms with E-state index >= 15 is 0 Å². The molecule has 5 rings (SSSR count). The van der Waals surface area contributed by atoms with Crippen LogP contribution in [0.25, 0.3) is 11.0 Å². The van der Waals surface area contributed by atoms with Gasteiger partial charge in [0.2, 0.25) is 5.91 Å². The summed E-state index contributed by atoms with van der Waals surface area (Å²) in [5.74, 6) is 2.15. The molecule has 3 aromatic carbocycles. The molecule has 0 radical (unpaired) electrons. The number of fused-ring (bicyclic) bond motifs is 1. The normalized spacial score (nSPS) is 15.9. The highest BCUT2D eigenvalue weighted by Gasteiger charge is 2.35. The number of nitrogens with zero attached hydrogens (tertiary/aromatic N) is 3. The van der Waals surface area contributed by atoms with E-state index in [1.165, 1.54) is 11.1 Å². The van der Waals surface area contributed by atoms with E-state index in [0.29, 0.717) is 19.6 Å². The van der Waals surface area contributed by atoms with E-state index in [0.717, 1.165) is 46.8 Å². The molecule has 174 valence electrons. The monoisotopic (exact) mass is 453 g/mol. The minimum absolute atomic E-state index is 0.0693. The fraction of sp³-hybridized carbons (Fsp3) is 0.310. The van der Waals surface area contributed by atoms with Crippen molar-refractivity contribution in [2.75, 3.05) is 18.1 Å². The van der Waals surface area contributed by atoms with E-state index in [4.69, 9.17) is 9.72 Å². The number of carbonyl (C=O) groups is 1. The van der Waals surface area contributed by atoms with Crippen molar-refractivity contribution in [2.24, 2.45) is 0 Å². The van der Waals surface area contributed by atoms with Crippen LogP contribution in [0.1, 0.15) is 41.3 Å². The summed E-state index contributed by atoms with van der Waals surface area (Å²) < 4.78 is 8.34. The molecule has 1 atom stereocenters. The summed E-state index contributed by atoms with van der Waals surface area (Å²) in [7, 11) is 0. The Labute approximate surface area is 201 Å². The van der Waals surface area contributed by atoms with Gasteiger partial charge in [-0.3, -0.25) is 4.79 Å². The zero-order chi connectivity index (χ0) is 23.7. The maximum absolute atomic E-state index is 13.0. The molecule has 5 nitrogen and oxygen atoms in total. The highest BCUT2D eigenvalue weighted by molar-refractivity contribution is 5.97. The highest BCUT2D eigenvalue weighted by atomic mass is 16.5. The summed E-state index contributed by atoms with van der Waals surface area (Å²) >= 11 is 0. The third-order valence-electron chi connectivity index (χ3n) is 6.57. The zero-order valence-electron chi connectivity index (χ0n) is 20.1. The lowest BCUT2D eigenvalue weighted by Crippen LogP contribution is -2.25. The summed E-state index contributed by atoms with van der Waals surface area (Å²) in [6, 6.07) is 22.6. The SMILES string of the molecule is Cc1cc(C)cc(OCCCn2c(C3CC(=O)N(c4ccccc4C)C3)nc3ccccc32)c1. The van der Waals surface area contributed by atoms with Crippen LogP contribution in [-0.4, -0.2) is 28.6 Å². The van der Waals surface area contributed by atoms with Crippen molar-refractivity contribution in [2.45, 2.75) is 46.1 Å². The molecule has 34 heavy (non-hydrogen) atoms. The van der Waals surface area contributed by atoms with Crippen LogP contribution in [0, 0.1) is 20.8 Å². The number of para-hydroxylation sites is 3. The predicted octanol–water partition coefficient (Wildman–Crippen LogP) is 5.95. The standard InChI is InChI=1S/C29H31N3O2/c1-20-15-21(2)17-24(16-20)34-14-8-13-31-27-12-7-5-10-25(27)30-29(31)23-18-28(33)32(19-23)26-11-6-4-9-22(26)3/h4-7,9-12,15-17,23H,8,13-14,18-19H2,1-3H3. The number of aromatic nitrogens is 2. The van der Waals surface area contributed by atoms with Crippen LogP contribution < -0.4 is 9.64 Å². The van der Waals surface area contributed by atoms with Crippen LogP contribution in [-0.2, 0) is 11.3 Å². The first-order valence-corrected chi connectivity index (χ1v) is 12.0. The number of imidazole rings is 1. The molecule has 1 aromatic heterocycles. The van der Waals surface area contributed by atoms with Crippen molar-refractivity contribution in [1.82, 2.24) is 9.55 Å². The van der Waals surface area contributed by atoms with Gasteiger partial charge in [-0.25, -0.2) is 4.98 Å². The molecule has 1 amide bonds. The summed E-state index contributed by atoms with van der Waals surface area (Å²) in [5, 5.41) is 0. The highest BCUT2D eigenvalue weighted by Crippen LogP contribution is 2.34. The Morgan fingerprint density at radius 1 is 0.971 bits per heavy atom. The molecular formula is C29H31N3O2. The molecule has 1 aliphatic rings. The van der Waals surface area contributed by atoms with E-state index in [-0.39, 0.29) is 11.8 Å². The summed E-state index contributed by atoms with van der Waals surface area (Å²) in [5.41, 5.74) is 6.64. The van der Waals surface area contributed by atoms with E-state index in [9.17, 15) is 4.79 Å². The Hall–Kier alpha value is -3.60. The first-order chi connectivity index (χ1) is 16.5. The largest absolute Gasteiger partial charge is 0.494 e. The second-order valence-corrected chi connectivity index (χ2v) is 9.33. The summed E-state index contributed by atoms with van der Waals surface area (Å²) in [4.78, 5) is 19.9. The predicted molar refractivity (Wildman–Crippen MR) is 137 cm³/mol. The molecule has 0 saturated carbocycles. The molecule has 1 fully saturated rings. The van der Waals surface area contributed by atoms with Crippen molar-refractivity contribution in [3.8, 4) is 5.75 Å². The van der Waals surface area contributed by atoms with Gasteiger partial charge in [-0.2, -0.15) is 0 Å². The molecule has 0 N–H and O–H groups in total. The second kappa shape index (κ2) is 9.34. The molecule has 4 aromatic rings. The third-order valence-corrected chi connectivity index (χ3v) is 6.57. The average Bonchev–Trinajstić information content (AvgIpc) is 3.37. The average molecular weight is 454 g/mol. The number of ether oxygens (including phenoxy) is 1. The molecule has 1 saturated heterocycles. The van der Waals surface area contributed by atoms with E-state index < -0.39 is 0 Å². The van der Waals surface area contributed by atoms with Crippen LogP contribution >= 0.6 is 0 Å². The topological polar surface area (TPSA) is 47.4 Å². The van der Waals surface area contributed by atoms with Gasteiger partial charge in [0, 0.05) is 31.1 Å². The third kappa shape index (κ3) is 4.43. The van der Waals surface area contributed by atoms with E-state index in [1.54, 1.807) is 0 Å². The molecule has 2 heterocycles. The van der Waals surface area contributed by atoms with Gasteiger partial charge in [-0.1, -0.05) is 36.4 Å². The lowest BCUT2D eigenvalue weighted by molar-refractivity contribution is -0.117. The van der Waals surface area contributed by atoms with Crippen molar-refractivity contribution in [3.05, 3.63) is 89.2 Å². The van der Waals surface area contributed by atoms with Crippen LogP contribution in [0.5, 0.6) is 5.75 Å². The lowest BCUT2D eigenvalue weighted by Gasteiger charge is -2.19. The molecule has 0 aliphatic carbocycles. The Balaban J connectivity index is 1.35. The zero-order valence-corrected chi connectivity index (χ0v) is 20.1. The molecule has 1 unspecified atom stereocenters. The number of hydrogen-bond donors (Lipinski definition) is 0. The van der Waals surface area contributed by atoms with Crippen molar-refractivity contribution >= 4 is 22.6 Å². The Kier molecular flexibility index (Phi) is 6.10. The quantitative estimate of drug-likeness (QED) is 0.325. The first-order valence-electron chi connectivity index (χ1n) is 12.0. The summed E-state index contributed by atoms with van der Waals surface area (Å²) in [6.45, 7) is 8.33. The van der Waals surface area contributed by atoms with E-state index in [1.807, 2.05) is 29.2 Å². The fourth-order valence-corrected chi connectivity index (χ4v) is 5.05. The number of amides is 1. The molecule has 0 spiro atoms. The van der Waals surface area contributed by atoms with Crippen LogP contribution in [0.15, 0.2) is 66.7 Å². The fourth-order valence-electron chi connectivity index (χ4n) is 5.05. The smallest absolute Gasteiger partial charge is 0.227 e.